The Kier molecular flexibility index (Phi) is 4.74. The smallest absolute Gasteiger partial charge is 0.241 e. The molecule has 0 aliphatic rings. The van der Waals surface area contributed by atoms with E-state index in [9.17, 15) is 9.59 Å². The molecule has 0 saturated carbocycles. The highest BCUT2D eigenvalue weighted by molar-refractivity contribution is 6.42. The molecule has 0 aromatic carbocycles. The summed E-state index contributed by atoms with van der Waals surface area (Å²) in [6.45, 7) is 3.56. The highest BCUT2D eigenvalue weighted by Gasteiger charge is 2.35. The summed E-state index contributed by atoms with van der Waals surface area (Å²) in [5, 5.41) is 3.44. The van der Waals surface area contributed by atoms with Crippen molar-refractivity contribution in [2.24, 2.45) is 5.92 Å². The van der Waals surface area contributed by atoms with Crippen molar-refractivity contribution < 1.29 is 9.59 Å². The van der Waals surface area contributed by atoms with Gasteiger partial charge in [0.05, 0.1) is 21.7 Å². The van der Waals surface area contributed by atoms with E-state index in [4.69, 9.17) is 15.7 Å². The second-order valence-electron chi connectivity index (χ2n) is 3.49. The Morgan fingerprint density at radius 1 is 1.43 bits per heavy atom. The van der Waals surface area contributed by atoms with Gasteiger partial charge in [0.25, 0.3) is 0 Å². The van der Waals surface area contributed by atoms with E-state index in [1.807, 2.05) is 0 Å². The lowest BCUT2D eigenvalue weighted by Crippen LogP contribution is -2.52. The Balaban J connectivity index is 4.80. The van der Waals surface area contributed by atoms with E-state index in [-0.39, 0.29) is 5.92 Å². The highest BCUT2D eigenvalue weighted by Crippen LogP contribution is 2.31. The summed E-state index contributed by atoms with van der Waals surface area (Å²) in [5.41, 5.74) is 0. The van der Waals surface area contributed by atoms with Crippen LogP contribution >= 0.6 is 0 Å². The lowest BCUT2D eigenvalue weighted by Gasteiger charge is -2.37. The molecule has 0 heterocycles. The molecule has 0 aliphatic carbocycles. The van der Waals surface area contributed by atoms with Gasteiger partial charge in [-0.05, 0) is 0 Å². The Morgan fingerprint density at radius 3 is 2.21 bits per heavy atom. The molecule has 2 amide bonds. The summed E-state index contributed by atoms with van der Waals surface area (Å²) >= 11 is 0. The molecule has 0 saturated heterocycles. The molecule has 4 radical (unpaired) electrons. The van der Waals surface area contributed by atoms with Crippen LogP contribution in [0.15, 0.2) is 0 Å². The maximum absolute atomic E-state index is 11.4. The first-order chi connectivity index (χ1) is 6.37. The third-order valence-corrected chi connectivity index (χ3v) is 2.24. The van der Waals surface area contributed by atoms with Gasteiger partial charge < -0.3 is 10.6 Å². The average Bonchev–Trinajstić information content (AvgIpc) is 2.12. The number of likely N-dealkylation sites (N-methyl/N-ethyl adjacent to an activating group) is 1. The van der Waals surface area contributed by atoms with Gasteiger partial charge in [-0.3, -0.25) is 9.59 Å². The largest absolute Gasteiger partial charge is 0.357 e. The van der Waals surface area contributed by atoms with Crippen molar-refractivity contribution in [2.75, 3.05) is 7.05 Å². The van der Waals surface area contributed by atoms with E-state index >= 15 is 0 Å². The summed E-state index contributed by atoms with van der Waals surface area (Å²) in [4.78, 5) is 21.7. The van der Waals surface area contributed by atoms with Crippen LogP contribution in [0.2, 0.25) is 5.21 Å². The van der Waals surface area contributed by atoms with Crippen LogP contribution in [-0.2, 0) is 9.59 Å². The zero-order valence-electron chi connectivity index (χ0n) is 8.70. The monoisotopic (exact) mass is 192 g/mol. The van der Waals surface area contributed by atoms with E-state index in [2.05, 4.69) is 10.6 Å². The van der Waals surface area contributed by atoms with Gasteiger partial charge in [0.2, 0.25) is 12.3 Å². The lowest BCUT2D eigenvalue weighted by atomic mass is 9.45. The summed E-state index contributed by atoms with van der Waals surface area (Å²) in [6.07, 6.45) is 0.413. The van der Waals surface area contributed by atoms with Crippen molar-refractivity contribution in [3.05, 3.63) is 0 Å². The minimum atomic E-state index is -1.26. The maximum atomic E-state index is 11.4. The van der Waals surface area contributed by atoms with Gasteiger partial charge in [0.15, 0.2) is 0 Å². The van der Waals surface area contributed by atoms with Gasteiger partial charge in [0, 0.05) is 7.05 Å². The van der Waals surface area contributed by atoms with Crippen LogP contribution in [0, 0.1) is 5.92 Å². The van der Waals surface area contributed by atoms with Crippen molar-refractivity contribution in [1.29, 1.82) is 0 Å². The molecule has 4 nitrogen and oxygen atoms in total. The molecular weight excluding hydrogens is 178 g/mol. The first-order valence-corrected chi connectivity index (χ1v) is 4.37. The standard InChI is InChI=1S/C8H14B2N2O2/c1-5(2)8(9,10)6(12-4-13)7(14)11-3/h4-6H,1-3H3,(H,11,14)(H,12,13). The predicted octanol–water partition coefficient (Wildman–Crippen LogP) is -1.04. The molecule has 0 aliphatic heterocycles. The number of hydrogen-bond acceptors (Lipinski definition) is 2. The minimum Gasteiger partial charge on any atom is -0.357 e. The Morgan fingerprint density at radius 2 is 1.93 bits per heavy atom. The van der Waals surface area contributed by atoms with Crippen LogP contribution in [0.5, 0.6) is 0 Å². The van der Waals surface area contributed by atoms with Gasteiger partial charge in [0.1, 0.15) is 0 Å². The number of nitrogens with one attached hydrogen (secondary N) is 2. The van der Waals surface area contributed by atoms with Crippen LogP contribution < -0.4 is 10.6 Å². The third-order valence-electron chi connectivity index (χ3n) is 2.24. The molecule has 74 valence electrons. The number of carbonyl (C=O) groups excluding carboxylic acids is 2. The average molecular weight is 192 g/mol. The minimum absolute atomic E-state index is 0.141. The van der Waals surface area contributed by atoms with Crippen molar-refractivity contribution in [3.63, 3.8) is 0 Å². The first-order valence-electron chi connectivity index (χ1n) is 4.37. The van der Waals surface area contributed by atoms with Gasteiger partial charge in [-0.25, -0.2) is 0 Å². The zero-order chi connectivity index (χ0) is 11.4. The van der Waals surface area contributed by atoms with Crippen LogP contribution in [0.25, 0.3) is 0 Å². The lowest BCUT2D eigenvalue weighted by molar-refractivity contribution is -0.125. The molecule has 0 aromatic heterocycles. The molecule has 0 bridgehead atoms. The van der Waals surface area contributed by atoms with Crippen LogP contribution in [0.4, 0.5) is 0 Å². The summed E-state index contributed by atoms with van der Waals surface area (Å²) < 4.78 is 0. The molecule has 1 atom stereocenters. The van der Waals surface area contributed by atoms with Crippen LogP contribution in [-0.4, -0.2) is 41.1 Å². The van der Waals surface area contributed by atoms with Crippen LogP contribution in [0.3, 0.4) is 0 Å². The van der Waals surface area contributed by atoms with Crippen molar-refractivity contribution in [2.45, 2.75) is 25.1 Å². The molecule has 6 heteroatoms. The SMILES string of the molecule is [B]C([B])(C(C)C)C(NC=O)C(=O)NC. The number of hydrogen-bond donors (Lipinski definition) is 2. The van der Waals surface area contributed by atoms with E-state index < -0.39 is 17.2 Å². The van der Waals surface area contributed by atoms with Crippen LogP contribution in [0.1, 0.15) is 13.8 Å². The van der Waals surface area contributed by atoms with Gasteiger partial charge in [-0.2, -0.15) is 0 Å². The molecule has 0 fully saturated rings. The zero-order valence-corrected chi connectivity index (χ0v) is 8.70. The van der Waals surface area contributed by atoms with Gasteiger partial charge >= 0.3 is 0 Å². The van der Waals surface area contributed by atoms with Gasteiger partial charge in [-0.1, -0.05) is 25.0 Å². The normalized spacial score (nSPS) is 13.4. The highest BCUT2D eigenvalue weighted by atomic mass is 16.2. The number of carbonyl (C=O) groups is 2. The summed E-state index contributed by atoms with van der Waals surface area (Å²) in [5.74, 6) is -0.548. The summed E-state index contributed by atoms with van der Waals surface area (Å²) in [6, 6.07) is -0.926. The predicted molar refractivity (Wildman–Crippen MR) is 56.1 cm³/mol. The summed E-state index contributed by atoms with van der Waals surface area (Å²) in [7, 11) is 13.0. The second kappa shape index (κ2) is 5.08. The molecule has 0 rings (SSSR count). The number of amides is 2. The fourth-order valence-electron chi connectivity index (χ4n) is 0.993. The van der Waals surface area contributed by atoms with Gasteiger partial charge in [-0.15, -0.1) is 0 Å². The van der Waals surface area contributed by atoms with Crippen molar-refractivity contribution in [1.82, 2.24) is 10.6 Å². The van der Waals surface area contributed by atoms with E-state index in [0.717, 1.165) is 0 Å². The third kappa shape index (κ3) is 2.79. The molecule has 14 heavy (non-hydrogen) atoms. The molecule has 2 N–H and O–H groups in total. The second-order valence-corrected chi connectivity index (χ2v) is 3.49. The van der Waals surface area contributed by atoms with E-state index in [0.29, 0.717) is 6.41 Å². The first kappa shape index (κ1) is 13.1. The fourth-order valence-corrected chi connectivity index (χ4v) is 0.993. The maximum Gasteiger partial charge on any atom is 0.241 e. The van der Waals surface area contributed by atoms with Crippen molar-refractivity contribution in [3.8, 4) is 0 Å². The Labute approximate surface area is 87.0 Å². The molecule has 0 spiro atoms. The van der Waals surface area contributed by atoms with E-state index in [1.54, 1.807) is 13.8 Å². The molecule has 1 unspecified atom stereocenters. The topological polar surface area (TPSA) is 58.2 Å². The Bertz CT molecular complexity index is 219. The Hall–Kier alpha value is -0.930. The quantitative estimate of drug-likeness (QED) is 0.431. The van der Waals surface area contributed by atoms with Crippen molar-refractivity contribution >= 4 is 28.0 Å². The molecular formula is C8H14B2N2O2. The molecule has 0 aromatic rings. The number of rotatable bonds is 5. The fraction of sp³-hybridized carbons (Fsp3) is 0.750. The van der Waals surface area contributed by atoms with E-state index in [1.165, 1.54) is 7.05 Å².